The van der Waals surface area contributed by atoms with Crippen LogP contribution >= 0.6 is 0 Å². The van der Waals surface area contributed by atoms with Gasteiger partial charge < -0.3 is 18.9 Å². The summed E-state index contributed by atoms with van der Waals surface area (Å²) in [5.74, 6) is -1.85. The lowest BCUT2D eigenvalue weighted by atomic mass is 10.1. The van der Waals surface area contributed by atoms with Gasteiger partial charge in [-0.2, -0.15) is 0 Å². The highest BCUT2D eigenvalue weighted by Crippen LogP contribution is 2.18. The summed E-state index contributed by atoms with van der Waals surface area (Å²) in [4.78, 5) is 33.1. The Morgan fingerprint density at radius 3 is 2.33 bits per heavy atom. The maximum atomic E-state index is 11.3. The maximum absolute atomic E-state index is 11.3. The van der Waals surface area contributed by atoms with Crippen molar-refractivity contribution in [1.29, 1.82) is 0 Å². The molecule has 0 spiro atoms. The minimum Gasteiger partial charge on any atom is -0.483 e. The van der Waals surface area contributed by atoms with E-state index in [0.717, 1.165) is 0 Å². The van der Waals surface area contributed by atoms with E-state index in [1.54, 1.807) is 0 Å². The molecular weight excluding hydrogens is 244 g/mol. The van der Waals surface area contributed by atoms with E-state index in [1.807, 2.05) is 0 Å². The summed E-state index contributed by atoms with van der Waals surface area (Å²) < 4.78 is 19.4. The van der Waals surface area contributed by atoms with Crippen LogP contribution in [0, 0.1) is 0 Å². The highest BCUT2D eigenvalue weighted by molar-refractivity contribution is 5.86. The third-order valence-electron chi connectivity index (χ3n) is 2.09. The van der Waals surface area contributed by atoms with E-state index in [0.29, 0.717) is 0 Å². The highest BCUT2D eigenvalue weighted by Gasteiger charge is 2.33. The van der Waals surface area contributed by atoms with Gasteiger partial charge in [0.2, 0.25) is 5.76 Å². The Kier molecular flexibility index (Phi) is 4.70. The van der Waals surface area contributed by atoms with Crippen molar-refractivity contribution in [2.24, 2.45) is 0 Å². The average molecular weight is 258 g/mol. The molecule has 18 heavy (non-hydrogen) atoms. The monoisotopic (exact) mass is 258 g/mol. The Balaban J connectivity index is 2.85. The lowest BCUT2D eigenvalue weighted by molar-refractivity contribution is -0.168. The number of hydrogen-bond donors (Lipinski definition) is 0. The lowest BCUT2D eigenvalue weighted by Crippen LogP contribution is -2.40. The smallest absolute Gasteiger partial charge is 0.373 e. The second-order valence-corrected chi connectivity index (χ2v) is 3.56. The molecule has 7 heteroatoms. The van der Waals surface area contributed by atoms with Gasteiger partial charge in [-0.1, -0.05) is 0 Å². The molecule has 0 bridgehead atoms. The van der Waals surface area contributed by atoms with Crippen LogP contribution in [-0.4, -0.2) is 43.8 Å². The first kappa shape index (κ1) is 14.0. The quantitative estimate of drug-likeness (QED) is 0.517. The Morgan fingerprint density at radius 2 is 1.83 bits per heavy atom. The number of esters is 3. The molecule has 0 radical (unpaired) electrons. The van der Waals surface area contributed by atoms with Gasteiger partial charge in [-0.3, -0.25) is 9.59 Å². The van der Waals surface area contributed by atoms with E-state index < -0.39 is 30.1 Å². The molecule has 0 aliphatic carbocycles. The van der Waals surface area contributed by atoms with Gasteiger partial charge in [0.25, 0.3) is 0 Å². The van der Waals surface area contributed by atoms with Gasteiger partial charge in [0, 0.05) is 19.9 Å². The molecule has 0 amide bonds. The minimum atomic E-state index is -0.866. The first-order valence-electron chi connectivity index (χ1n) is 5.21. The molecule has 1 aliphatic rings. The van der Waals surface area contributed by atoms with Gasteiger partial charge in [0.1, 0.15) is 6.61 Å². The van der Waals surface area contributed by atoms with Gasteiger partial charge in [-0.25, -0.2) is 4.79 Å². The Labute approximate surface area is 104 Å². The van der Waals surface area contributed by atoms with Crippen molar-refractivity contribution in [3.63, 3.8) is 0 Å². The predicted octanol–water partition coefficient (Wildman–Crippen LogP) is -0.0631. The molecule has 0 saturated heterocycles. The van der Waals surface area contributed by atoms with E-state index in [4.69, 9.17) is 14.2 Å². The van der Waals surface area contributed by atoms with Crippen molar-refractivity contribution in [2.45, 2.75) is 26.1 Å². The van der Waals surface area contributed by atoms with Crippen LogP contribution in [0.25, 0.3) is 0 Å². The van der Waals surface area contributed by atoms with Gasteiger partial charge in [-0.05, 0) is 0 Å². The van der Waals surface area contributed by atoms with Crippen molar-refractivity contribution in [1.82, 2.24) is 0 Å². The number of methoxy groups -OCH3 is 1. The van der Waals surface area contributed by atoms with Crippen molar-refractivity contribution < 1.29 is 33.3 Å². The van der Waals surface area contributed by atoms with Crippen LogP contribution in [-0.2, 0) is 33.3 Å². The van der Waals surface area contributed by atoms with Crippen LogP contribution in [0.15, 0.2) is 11.8 Å². The van der Waals surface area contributed by atoms with E-state index in [1.165, 1.54) is 27.0 Å². The largest absolute Gasteiger partial charge is 0.483 e. The first-order chi connectivity index (χ1) is 8.43. The van der Waals surface area contributed by atoms with Crippen molar-refractivity contribution in [2.75, 3.05) is 13.7 Å². The van der Waals surface area contributed by atoms with E-state index in [-0.39, 0.29) is 12.4 Å². The second kappa shape index (κ2) is 6.04. The zero-order valence-corrected chi connectivity index (χ0v) is 10.3. The topological polar surface area (TPSA) is 88.1 Å². The molecule has 0 aromatic heterocycles. The number of rotatable bonds is 3. The number of carbonyl (C=O) groups is 3. The molecule has 0 fully saturated rings. The van der Waals surface area contributed by atoms with E-state index in [2.05, 4.69) is 4.74 Å². The molecule has 2 atom stereocenters. The van der Waals surface area contributed by atoms with Crippen LogP contribution in [0.1, 0.15) is 13.8 Å². The van der Waals surface area contributed by atoms with Crippen molar-refractivity contribution in [3.8, 4) is 0 Å². The molecule has 0 aromatic rings. The maximum Gasteiger partial charge on any atom is 0.373 e. The number of ether oxygens (including phenoxy) is 4. The third-order valence-corrected chi connectivity index (χ3v) is 2.09. The van der Waals surface area contributed by atoms with Gasteiger partial charge >= 0.3 is 17.9 Å². The molecule has 0 aromatic carbocycles. The van der Waals surface area contributed by atoms with Crippen molar-refractivity contribution in [3.05, 3.63) is 11.8 Å². The zero-order valence-electron chi connectivity index (χ0n) is 10.3. The summed E-state index contributed by atoms with van der Waals surface area (Å²) in [7, 11) is 1.20. The molecule has 1 rings (SSSR count). The fourth-order valence-corrected chi connectivity index (χ4v) is 1.41. The predicted molar refractivity (Wildman–Crippen MR) is 57.2 cm³/mol. The third kappa shape index (κ3) is 3.76. The summed E-state index contributed by atoms with van der Waals surface area (Å²) in [6, 6.07) is 0. The molecule has 0 N–H and O–H groups in total. The SMILES string of the molecule is COC(=O)C1=CC(OC(C)=O)C(OC(C)=O)CO1. The number of carbonyl (C=O) groups excluding carboxylic acids is 3. The molecule has 1 heterocycles. The zero-order chi connectivity index (χ0) is 13.7. The molecule has 0 saturated carbocycles. The Morgan fingerprint density at radius 1 is 1.22 bits per heavy atom. The summed E-state index contributed by atoms with van der Waals surface area (Å²) >= 11 is 0. The molecular formula is C11H14O7. The molecule has 100 valence electrons. The van der Waals surface area contributed by atoms with Crippen LogP contribution in [0.5, 0.6) is 0 Å². The molecule has 2 unspecified atom stereocenters. The summed E-state index contributed by atoms with van der Waals surface area (Å²) in [5, 5.41) is 0. The van der Waals surface area contributed by atoms with Crippen LogP contribution in [0.2, 0.25) is 0 Å². The minimum absolute atomic E-state index is 0.0767. The standard InChI is InChI=1S/C11H14O7/c1-6(12)17-8-4-9(11(14)15-3)16-5-10(8)18-7(2)13/h4,8,10H,5H2,1-3H3. The summed E-state index contributed by atoms with van der Waals surface area (Å²) in [6.07, 6.45) is -0.390. The summed E-state index contributed by atoms with van der Waals surface area (Å²) in [6.45, 7) is 2.36. The average Bonchev–Trinajstić information content (AvgIpc) is 2.29. The van der Waals surface area contributed by atoms with E-state index in [9.17, 15) is 14.4 Å². The highest BCUT2D eigenvalue weighted by atomic mass is 16.6. The normalized spacial score (nSPS) is 22.3. The van der Waals surface area contributed by atoms with Crippen LogP contribution in [0.3, 0.4) is 0 Å². The second-order valence-electron chi connectivity index (χ2n) is 3.56. The Hall–Kier alpha value is -2.05. The number of hydrogen-bond acceptors (Lipinski definition) is 7. The van der Waals surface area contributed by atoms with Gasteiger partial charge in [-0.15, -0.1) is 0 Å². The van der Waals surface area contributed by atoms with Crippen LogP contribution in [0.4, 0.5) is 0 Å². The lowest BCUT2D eigenvalue weighted by Gasteiger charge is -2.28. The Bertz CT molecular complexity index is 385. The summed E-state index contributed by atoms with van der Waals surface area (Å²) in [5.41, 5.74) is 0. The van der Waals surface area contributed by atoms with E-state index >= 15 is 0 Å². The molecule has 1 aliphatic heterocycles. The molecule has 7 nitrogen and oxygen atoms in total. The van der Waals surface area contributed by atoms with Crippen molar-refractivity contribution >= 4 is 17.9 Å². The van der Waals surface area contributed by atoms with Gasteiger partial charge in [0.15, 0.2) is 12.2 Å². The first-order valence-corrected chi connectivity index (χ1v) is 5.21. The fourth-order valence-electron chi connectivity index (χ4n) is 1.41. The van der Waals surface area contributed by atoms with Gasteiger partial charge in [0.05, 0.1) is 7.11 Å². The fraction of sp³-hybridized carbons (Fsp3) is 0.545. The van der Waals surface area contributed by atoms with Crippen LogP contribution < -0.4 is 0 Å².